The monoisotopic (exact) mass is 310 g/mol. The van der Waals surface area contributed by atoms with Crippen LogP contribution in [0.1, 0.15) is 36.1 Å². The highest BCUT2D eigenvalue weighted by molar-refractivity contribution is 5.90. The van der Waals surface area contributed by atoms with Crippen molar-refractivity contribution in [1.29, 1.82) is 0 Å². The van der Waals surface area contributed by atoms with Crippen LogP contribution in [-0.4, -0.2) is 12.6 Å². The Bertz CT molecular complexity index is 687. The van der Waals surface area contributed by atoms with Gasteiger partial charge in [-0.2, -0.15) is 0 Å². The third-order valence-electron chi connectivity index (χ3n) is 4.38. The van der Waals surface area contributed by atoms with Crippen LogP contribution < -0.4 is 10.6 Å². The largest absolute Gasteiger partial charge is 0.337 e. The number of benzene rings is 2. The minimum Gasteiger partial charge on any atom is -0.337 e. The van der Waals surface area contributed by atoms with Gasteiger partial charge in [0.15, 0.2) is 0 Å². The van der Waals surface area contributed by atoms with Gasteiger partial charge in [-0.15, -0.1) is 0 Å². The van der Waals surface area contributed by atoms with Gasteiger partial charge in [0.25, 0.3) is 0 Å². The second kappa shape index (κ2) is 6.86. The van der Waals surface area contributed by atoms with Crippen molar-refractivity contribution in [1.82, 2.24) is 5.32 Å². The normalized spacial score (nSPS) is 11.2. The van der Waals surface area contributed by atoms with Crippen LogP contribution in [0.4, 0.5) is 10.5 Å². The van der Waals surface area contributed by atoms with Crippen LogP contribution in [0.2, 0.25) is 0 Å². The molecule has 122 valence electrons. The first-order chi connectivity index (χ1) is 10.8. The van der Waals surface area contributed by atoms with Crippen molar-refractivity contribution in [3.8, 4) is 0 Å². The van der Waals surface area contributed by atoms with Gasteiger partial charge in [0.1, 0.15) is 0 Å². The van der Waals surface area contributed by atoms with E-state index in [1.807, 2.05) is 32.0 Å². The number of hydrogen-bond acceptors (Lipinski definition) is 1. The summed E-state index contributed by atoms with van der Waals surface area (Å²) in [7, 11) is 0. The number of rotatable bonds is 4. The number of carbonyl (C=O) groups is 1. The molecule has 0 unspecified atom stereocenters. The van der Waals surface area contributed by atoms with Crippen molar-refractivity contribution in [3.05, 3.63) is 64.7 Å². The van der Waals surface area contributed by atoms with Crippen molar-refractivity contribution in [2.45, 2.75) is 40.0 Å². The standard InChI is InChI=1S/C20H26N2O/c1-14-9-11-17(12-10-14)20(4,5)13-21-19(23)22-18-8-6-7-15(2)16(18)3/h6-12H,13H2,1-5H3,(H2,21,22,23). The van der Waals surface area contributed by atoms with Gasteiger partial charge in [-0.3, -0.25) is 0 Å². The van der Waals surface area contributed by atoms with Gasteiger partial charge >= 0.3 is 6.03 Å². The van der Waals surface area contributed by atoms with E-state index in [9.17, 15) is 4.79 Å². The molecule has 0 aliphatic heterocycles. The lowest BCUT2D eigenvalue weighted by atomic mass is 9.84. The number of hydrogen-bond donors (Lipinski definition) is 2. The lowest BCUT2D eigenvalue weighted by Gasteiger charge is -2.26. The van der Waals surface area contributed by atoms with Crippen LogP contribution in [0.25, 0.3) is 0 Å². The fraction of sp³-hybridized carbons (Fsp3) is 0.350. The van der Waals surface area contributed by atoms with Crippen LogP contribution in [0.15, 0.2) is 42.5 Å². The second-order valence-corrected chi connectivity index (χ2v) is 6.81. The van der Waals surface area contributed by atoms with Crippen molar-refractivity contribution < 1.29 is 4.79 Å². The highest BCUT2D eigenvalue weighted by Crippen LogP contribution is 2.23. The molecule has 0 aromatic heterocycles. The number of carbonyl (C=O) groups excluding carboxylic acids is 1. The van der Waals surface area contributed by atoms with Gasteiger partial charge in [0, 0.05) is 17.6 Å². The maximum Gasteiger partial charge on any atom is 0.319 e. The molecule has 0 aliphatic carbocycles. The molecule has 0 atom stereocenters. The zero-order valence-corrected chi connectivity index (χ0v) is 14.7. The van der Waals surface area contributed by atoms with E-state index in [4.69, 9.17) is 0 Å². The lowest BCUT2D eigenvalue weighted by Crippen LogP contribution is -2.39. The SMILES string of the molecule is Cc1ccc(C(C)(C)CNC(=O)Nc2cccc(C)c2C)cc1. The van der Waals surface area contributed by atoms with E-state index in [0.717, 1.165) is 11.3 Å². The average Bonchev–Trinajstić information content (AvgIpc) is 2.50. The Labute approximate surface area is 139 Å². The van der Waals surface area contributed by atoms with Crippen LogP contribution in [0.3, 0.4) is 0 Å². The molecule has 2 amide bonds. The molecule has 2 rings (SSSR count). The Morgan fingerprint density at radius 3 is 2.30 bits per heavy atom. The average molecular weight is 310 g/mol. The molecule has 0 spiro atoms. The molecule has 3 heteroatoms. The molecule has 2 aromatic carbocycles. The van der Waals surface area contributed by atoms with Gasteiger partial charge in [-0.25, -0.2) is 4.79 Å². The van der Waals surface area contributed by atoms with Crippen molar-refractivity contribution in [3.63, 3.8) is 0 Å². The number of nitrogens with one attached hydrogen (secondary N) is 2. The van der Waals surface area contributed by atoms with E-state index in [-0.39, 0.29) is 11.4 Å². The summed E-state index contributed by atoms with van der Waals surface area (Å²) in [4.78, 5) is 12.2. The molecule has 0 saturated heterocycles. The van der Waals surface area contributed by atoms with E-state index < -0.39 is 0 Å². The third-order valence-corrected chi connectivity index (χ3v) is 4.38. The molecule has 23 heavy (non-hydrogen) atoms. The van der Waals surface area contributed by atoms with Crippen LogP contribution in [0.5, 0.6) is 0 Å². The zero-order valence-electron chi connectivity index (χ0n) is 14.7. The van der Waals surface area contributed by atoms with Gasteiger partial charge in [0.2, 0.25) is 0 Å². The molecule has 3 nitrogen and oxygen atoms in total. The molecule has 0 bridgehead atoms. The highest BCUT2D eigenvalue weighted by atomic mass is 16.2. The first-order valence-corrected chi connectivity index (χ1v) is 7.98. The molecule has 0 fully saturated rings. The lowest BCUT2D eigenvalue weighted by molar-refractivity contribution is 0.249. The number of amides is 2. The van der Waals surface area contributed by atoms with E-state index in [2.05, 4.69) is 55.7 Å². The molecule has 2 aromatic rings. The summed E-state index contributed by atoms with van der Waals surface area (Å²) in [6.45, 7) is 11.0. The summed E-state index contributed by atoms with van der Waals surface area (Å²) >= 11 is 0. The molecule has 0 saturated carbocycles. The predicted octanol–water partition coefficient (Wildman–Crippen LogP) is 4.71. The van der Waals surface area contributed by atoms with Crippen molar-refractivity contribution in [2.75, 3.05) is 11.9 Å². The van der Waals surface area contributed by atoms with Gasteiger partial charge < -0.3 is 10.6 Å². The molecule has 0 aliphatic rings. The van der Waals surface area contributed by atoms with E-state index in [0.29, 0.717) is 6.54 Å². The summed E-state index contributed by atoms with van der Waals surface area (Å²) < 4.78 is 0. The minimum absolute atomic E-state index is 0.118. The summed E-state index contributed by atoms with van der Waals surface area (Å²) in [5.41, 5.74) is 5.46. The maximum atomic E-state index is 12.2. The van der Waals surface area contributed by atoms with Gasteiger partial charge in [0.05, 0.1) is 0 Å². The number of urea groups is 1. The fourth-order valence-electron chi connectivity index (χ4n) is 2.46. The fourth-order valence-corrected chi connectivity index (χ4v) is 2.46. The van der Waals surface area contributed by atoms with E-state index in [1.165, 1.54) is 16.7 Å². The van der Waals surface area contributed by atoms with Gasteiger partial charge in [-0.1, -0.05) is 55.8 Å². The number of aryl methyl sites for hydroxylation is 2. The molecule has 0 heterocycles. The quantitative estimate of drug-likeness (QED) is 0.843. The topological polar surface area (TPSA) is 41.1 Å². The van der Waals surface area contributed by atoms with Crippen molar-refractivity contribution in [2.24, 2.45) is 0 Å². The van der Waals surface area contributed by atoms with E-state index in [1.54, 1.807) is 0 Å². The summed E-state index contributed by atoms with van der Waals surface area (Å²) in [5.74, 6) is 0. The van der Waals surface area contributed by atoms with E-state index >= 15 is 0 Å². The van der Waals surface area contributed by atoms with Crippen LogP contribution >= 0.6 is 0 Å². The molecular weight excluding hydrogens is 284 g/mol. The Hall–Kier alpha value is -2.29. The Morgan fingerprint density at radius 2 is 1.65 bits per heavy atom. The number of anilines is 1. The Morgan fingerprint density at radius 1 is 1.00 bits per heavy atom. The van der Waals surface area contributed by atoms with Gasteiger partial charge in [-0.05, 0) is 43.5 Å². The minimum atomic E-state index is -0.168. The second-order valence-electron chi connectivity index (χ2n) is 6.81. The first-order valence-electron chi connectivity index (χ1n) is 7.98. The Balaban J connectivity index is 1.98. The molecule has 0 radical (unpaired) electrons. The van der Waals surface area contributed by atoms with Crippen molar-refractivity contribution >= 4 is 11.7 Å². The highest BCUT2D eigenvalue weighted by Gasteiger charge is 2.21. The summed E-state index contributed by atoms with van der Waals surface area (Å²) in [5, 5.41) is 5.92. The molecule has 2 N–H and O–H groups in total. The summed E-state index contributed by atoms with van der Waals surface area (Å²) in [6, 6.07) is 14.2. The maximum absolute atomic E-state index is 12.2. The smallest absolute Gasteiger partial charge is 0.319 e. The summed E-state index contributed by atoms with van der Waals surface area (Å²) in [6.07, 6.45) is 0. The zero-order chi connectivity index (χ0) is 17.0. The van der Waals surface area contributed by atoms with Crippen LogP contribution in [-0.2, 0) is 5.41 Å². The Kier molecular flexibility index (Phi) is 5.09. The van der Waals surface area contributed by atoms with Crippen LogP contribution in [0, 0.1) is 20.8 Å². The molecular formula is C20H26N2O. The third kappa shape index (κ3) is 4.35. The predicted molar refractivity (Wildman–Crippen MR) is 97.1 cm³/mol. The first kappa shape index (κ1) is 17.1.